The Hall–Kier alpha value is -3.72. The number of rotatable bonds is 11. The second kappa shape index (κ2) is 12.2. The van der Waals surface area contributed by atoms with Crippen molar-refractivity contribution in [2.75, 3.05) is 13.2 Å². The molecule has 0 amide bonds. The van der Waals surface area contributed by atoms with Crippen molar-refractivity contribution in [3.05, 3.63) is 58.4 Å². The Kier molecular flexibility index (Phi) is 8.78. The van der Waals surface area contributed by atoms with Gasteiger partial charge in [0.05, 0.1) is 11.0 Å². The van der Waals surface area contributed by atoms with Crippen LogP contribution >= 0.6 is 0 Å². The number of piperidine rings is 1. The lowest BCUT2D eigenvalue weighted by atomic mass is 9.97. The maximum Gasteiger partial charge on any atom is 0.341 e. The molecule has 0 unspecified atom stereocenters. The van der Waals surface area contributed by atoms with E-state index in [2.05, 4.69) is 23.7 Å². The Labute approximate surface area is 222 Å². The monoisotopic (exact) mass is 519 g/mol. The van der Waals surface area contributed by atoms with Crippen molar-refractivity contribution in [3.63, 3.8) is 0 Å². The molecule has 0 aliphatic carbocycles. The van der Waals surface area contributed by atoms with Crippen molar-refractivity contribution in [3.8, 4) is 17.0 Å². The Morgan fingerprint density at radius 2 is 1.84 bits per heavy atom. The van der Waals surface area contributed by atoms with Gasteiger partial charge in [-0.25, -0.2) is 9.78 Å². The number of aliphatic carboxylic acids is 1. The Balaban J connectivity index is 1.60. The third-order valence-electron chi connectivity index (χ3n) is 7.40. The van der Waals surface area contributed by atoms with E-state index in [4.69, 9.17) is 21.0 Å². The minimum Gasteiger partial charge on any atom is -0.482 e. The molecule has 1 aromatic heterocycles. The summed E-state index contributed by atoms with van der Waals surface area (Å²) in [4.78, 5) is 31.9. The zero-order chi connectivity index (χ0) is 27.2. The molecular formula is C29H37N5O4. The topological polar surface area (TPSA) is 135 Å². The molecule has 9 nitrogen and oxygen atoms in total. The highest BCUT2D eigenvalue weighted by Crippen LogP contribution is 2.25. The quantitative estimate of drug-likeness (QED) is 0.196. The molecule has 4 rings (SSSR count). The first kappa shape index (κ1) is 27.3. The zero-order valence-electron chi connectivity index (χ0n) is 22.2. The lowest BCUT2D eigenvalue weighted by Gasteiger charge is -2.39. The number of carboxylic acids is 1. The van der Waals surface area contributed by atoms with Crippen LogP contribution in [0.25, 0.3) is 22.3 Å². The summed E-state index contributed by atoms with van der Waals surface area (Å²) >= 11 is 0. The largest absolute Gasteiger partial charge is 0.482 e. The molecule has 9 heteroatoms. The van der Waals surface area contributed by atoms with Crippen LogP contribution in [0.2, 0.25) is 0 Å². The summed E-state index contributed by atoms with van der Waals surface area (Å²) in [6.07, 6.45) is 6.67. The molecular weight excluding hydrogens is 482 g/mol. The summed E-state index contributed by atoms with van der Waals surface area (Å²) in [6.45, 7) is 5.72. The zero-order valence-corrected chi connectivity index (χ0v) is 22.2. The minimum atomic E-state index is -1.07. The molecule has 2 aromatic carbocycles. The van der Waals surface area contributed by atoms with Crippen molar-refractivity contribution in [1.82, 2.24) is 14.5 Å². The molecule has 0 radical (unpaired) electrons. The van der Waals surface area contributed by atoms with Crippen LogP contribution < -0.4 is 16.0 Å². The number of carbonyl (C=O) groups is 1. The average Bonchev–Trinajstić information content (AvgIpc) is 2.89. The van der Waals surface area contributed by atoms with Gasteiger partial charge in [-0.15, -0.1) is 0 Å². The molecule has 38 heavy (non-hydrogen) atoms. The van der Waals surface area contributed by atoms with Crippen LogP contribution in [-0.2, 0) is 11.3 Å². The first-order valence-corrected chi connectivity index (χ1v) is 13.3. The number of unbranched alkanes of at least 4 members (excludes halogenated alkanes) is 2. The van der Waals surface area contributed by atoms with Crippen molar-refractivity contribution in [2.24, 2.45) is 5.73 Å². The number of benzene rings is 2. The Morgan fingerprint density at radius 3 is 2.55 bits per heavy atom. The molecule has 0 bridgehead atoms. The molecule has 0 saturated carbocycles. The van der Waals surface area contributed by atoms with Gasteiger partial charge in [0.15, 0.2) is 6.61 Å². The minimum absolute atomic E-state index is 0.0782. The molecule has 2 atom stereocenters. The molecule has 2 heterocycles. The number of amidine groups is 1. The van der Waals surface area contributed by atoms with E-state index in [1.165, 1.54) is 19.3 Å². The lowest BCUT2D eigenvalue weighted by Crippen LogP contribution is -2.44. The third-order valence-corrected chi connectivity index (χ3v) is 7.40. The number of hydrogen-bond acceptors (Lipinski definition) is 6. The van der Waals surface area contributed by atoms with Gasteiger partial charge < -0.3 is 20.1 Å². The van der Waals surface area contributed by atoms with Gasteiger partial charge in [-0.3, -0.25) is 15.1 Å². The van der Waals surface area contributed by atoms with Gasteiger partial charge in [0.1, 0.15) is 17.3 Å². The third kappa shape index (κ3) is 6.39. The van der Waals surface area contributed by atoms with E-state index in [0.29, 0.717) is 46.5 Å². The normalized spacial score (nSPS) is 17.9. The van der Waals surface area contributed by atoms with E-state index >= 15 is 0 Å². The van der Waals surface area contributed by atoms with E-state index in [1.807, 2.05) is 0 Å². The number of nitrogen functional groups attached to an aromatic ring is 1. The van der Waals surface area contributed by atoms with Crippen LogP contribution in [0.4, 0.5) is 0 Å². The molecule has 1 fully saturated rings. The highest BCUT2D eigenvalue weighted by Gasteiger charge is 2.23. The van der Waals surface area contributed by atoms with E-state index in [0.717, 1.165) is 25.8 Å². The summed E-state index contributed by atoms with van der Waals surface area (Å²) in [6, 6.07) is 13.3. The summed E-state index contributed by atoms with van der Waals surface area (Å²) in [5.74, 6) is -0.779. The average molecular weight is 520 g/mol. The van der Waals surface area contributed by atoms with E-state index in [1.54, 1.807) is 47.0 Å². The molecule has 4 N–H and O–H groups in total. The SMILES string of the molecule is C[C@@H]1CCC[C@H](C)N1CCCCCn1c(=O)c(-c2cccc(C(=N)N)c2)nc2ccc(OCC(=O)O)cc21. The van der Waals surface area contributed by atoms with Crippen LogP contribution in [-0.4, -0.2) is 56.6 Å². The van der Waals surface area contributed by atoms with E-state index in [9.17, 15) is 9.59 Å². The highest BCUT2D eigenvalue weighted by atomic mass is 16.5. The fourth-order valence-corrected chi connectivity index (χ4v) is 5.35. The number of nitrogens with two attached hydrogens (primary N) is 1. The summed E-state index contributed by atoms with van der Waals surface area (Å²) in [5, 5.41) is 16.7. The number of fused-ring (bicyclic) bond motifs is 1. The van der Waals surface area contributed by atoms with Gasteiger partial charge in [-0.05, 0) is 64.3 Å². The molecule has 202 valence electrons. The van der Waals surface area contributed by atoms with Gasteiger partial charge in [0, 0.05) is 35.8 Å². The number of aromatic nitrogens is 2. The number of carboxylic acid groups (broad SMARTS) is 1. The molecule has 1 aliphatic rings. The molecule has 0 spiro atoms. The summed E-state index contributed by atoms with van der Waals surface area (Å²) in [5.41, 5.74) is 8.04. The maximum absolute atomic E-state index is 13.7. The van der Waals surface area contributed by atoms with Gasteiger partial charge in [-0.1, -0.05) is 31.0 Å². The molecule has 3 aromatic rings. The number of likely N-dealkylation sites (tertiary alicyclic amines) is 1. The first-order chi connectivity index (χ1) is 18.2. The van der Waals surface area contributed by atoms with Crippen molar-refractivity contribution >= 4 is 22.8 Å². The Morgan fingerprint density at radius 1 is 1.11 bits per heavy atom. The fourth-order valence-electron chi connectivity index (χ4n) is 5.35. The van der Waals surface area contributed by atoms with Crippen molar-refractivity contribution in [2.45, 2.75) is 71.0 Å². The van der Waals surface area contributed by atoms with E-state index in [-0.39, 0.29) is 17.1 Å². The maximum atomic E-state index is 13.7. The van der Waals surface area contributed by atoms with Crippen LogP contribution in [0.5, 0.6) is 5.75 Å². The van der Waals surface area contributed by atoms with Gasteiger partial charge >= 0.3 is 5.97 Å². The second-order valence-corrected chi connectivity index (χ2v) is 10.2. The number of aryl methyl sites for hydroxylation is 1. The number of nitrogens with zero attached hydrogens (tertiary/aromatic N) is 3. The van der Waals surface area contributed by atoms with Gasteiger partial charge in [0.25, 0.3) is 5.56 Å². The second-order valence-electron chi connectivity index (χ2n) is 10.2. The highest BCUT2D eigenvalue weighted by molar-refractivity contribution is 5.96. The lowest BCUT2D eigenvalue weighted by molar-refractivity contribution is -0.139. The first-order valence-electron chi connectivity index (χ1n) is 13.3. The van der Waals surface area contributed by atoms with Crippen LogP contribution in [0.1, 0.15) is 57.9 Å². The summed E-state index contributed by atoms with van der Waals surface area (Å²) < 4.78 is 7.08. The van der Waals surface area contributed by atoms with Crippen LogP contribution in [0, 0.1) is 5.41 Å². The number of hydrogen-bond donors (Lipinski definition) is 3. The molecule has 1 aliphatic heterocycles. The van der Waals surface area contributed by atoms with Crippen molar-refractivity contribution < 1.29 is 14.6 Å². The van der Waals surface area contributed by atoms with Gasteiger partial charge in [0.2, 0.25) is 0 Å². The van der Waals surface area contributed by atoms with E-state index < -0.39 is 12.6 Å². The number of ether oxygens (including phenoxy) is 1. The van der Waals surface area contributed by atoms with Gasteiger partial charge in [-0.2, -0.15) is 0 Å². The number of nitrogens with one attached hydrogen (secondary N) is 1. The standard InChI is InChI=1S/C29H37N5O4/c1-19-8-6-9-20(2)33(19)14-4-3-5-15-34-25-17-23(38-18-26(35)36)12-13-24(25)32-27(29(34)37)21-10-7-11-22(16-21)28(30)31/h7,10-13,16-17,19-20H,3-6,8-9,14-15,18H2,1-2H3,(H3,30,31)(H,35,36)/t19-,20+. The van der Waals surface area contributed by atoms with Crippen LogP contribution in [0.3, 0.4) is 0 Å². The van der Waals surface area contributed by atoms with Crippen molar-refractivity contribution in [1.29, 1.82) is 5.41 Å². The molecule has 1 saturated heterocycles. The fraction of sp³-hybridized carbons (Fsp3) is 0.448. The van der Waals surface area contributed by atoms with Crippen LogP contribution in [0.15, 0.2) is 47.3 Å². The predicted octanol–water partition coefficient (Wildman–Crippen LogP) is 4.24. The predicted molar refractivity (Wildman–Crippen MR) is 149 cm³/mol. The smallest absolute Gasteiger partial charge is 0.341 e. The Bertz CT molecular complexity index is 1360. The summed E-state index contributed by atoms with van der Waals surface area (Å²) in [7, 11) is 0.